The lowest BCUT2D eigenvalue weighted by Gasteiger charge is -1.95. The predicted molar refractivity (Wildman–Crippen MR) is 43.5 cm³/mol. The summed E-state index contributed by atoms with van der Waals surface area (Å²) in [7, 11) is 1.36. The summed E-state index contributed by atoms with van der Waals surface area (Å²) in [6.07, 6.45) is 3.22. The van der Waals surface area contributed by atoms with Crippen molar-refractivity contribution < 1.29 is 19.9 Å². The number of hydrogen-bond acceptors (Lipinski definition) is 3. The molecule has 0 aromatic carbocycles. The molecule has 3 N–H and O–H groups in total. The van der Waals surface area contributed by atoms with E-state index in [9.17, 15) is 4.79 Å². The van der Waals surface area contributed by atoms with Crippen LogP contribution in [-0.2, 0) is 11.3 Å². The molecule has 13 heavy (non-hydrogen) atoms. The molecular weight excluding hydrogens is 170 g/mol. The fraction of sp³-hybridized carbons (Fsp3) is 0.375. The minimum atomic E-state index is -0.347. The fourth-order valence-corrected chi connectivity index (χ4v) is 0.959. The van der Waals surface area contributed by atoms with Crippen LogP contribution in [0, 0.1) is 0 Å². The second kappa shape index (κ2) is 4.51. The van der Waals surface area contributed by atoms with Crippen LogP contribution in [0.15, 0.2) is 18.5 Å². The minimum Gasteiger partial charge on any atom is -0.465 e. The van der Waals surface area contributed by atoms with E-state index in [2.05, 4.69) is 15.6 Å². The average molecular weight is 183 g/mol. The number of carbonyl (C=O) groups is 1. The number of nitrogens with zero attached hydrogens (tertiary/aromatic N) is 2. The van der Waals surface area contributed by atoms with E-state index in [1.165, 1.54) is 7.11 Å². The largest absolute Gasteiger partial charge is 0.465 e. The number of quaternary nitrogens is 1. The van der Waals surface area contributed by atoms with Crippen LogP contribution in [0.25, 0.3) is 0 Å². The second-order valence-corrected chi connectivity index (χ2v) is 2.52. The molecule has 0 spiro atoms. The molecule has 0 atom stereocenters. The Kier molecular flexibility index (Phi) is 3.33. The Hall–Kier alpha value is -1.49. The molecule has 1 rings (SSSR count). The molecule has 5 heteroatoms. The summed E-state index contributed by atoms with van der Waals surface area (Å²) in [6, 6.07) is 1.62. The molecule has 0 aliphatic rings. The Morgan fingerprint density at radius 2 is 2.54 bits per heavy atom. The standard InChI is InChI=1S/C8H12N3O2/c1-13-8(12)7-2-4-10-11(6-7)5-3-9/h2,4,6H,3,5,9H2,1H3/q+1/p+1. The third-order valence-corrected chi connectivity index (χ3v) is 1.57. The highest BCUT2D eigenvalue weighted by molar-refractivity contribution is 5.88. The van der Waals surface area contributed by atoms with Gasteiger partial charge in [-0.05, 0) is 11.2 Å². The Morgan fingerprint density at radius 1 is 1.77 bits per heavy atom. The van der Waals surface area contributed by atoms with E-state index in [4.69, 9.17) is 0 Å². The van der Waals surface area contributed by atoms with Crippen molar-refractivity contribution in [2.24, 2.45) is 0 Å². The van der Waals surface area contributed by atoms with Crippen LogP contribution in [0.3, 0.4) is 0 Å². The number of aromatic nitrogens is 2. The number of esters is 1. The van der Waals surface area contributed by atoms with E-state index in [-0.39, 0.29) is 5.97 Å². The number of hydrogen-bond donors (Lipinski definition) is 1. The van der Waals surface area contributed by atoms with Crippen molar-refractivity contribution >= 4 is 5.97 Å². The van der Waals surface area contributed by atoms with Crippen molar-refractivity contribution in [1.82, 2.24) is 5.10 Å². The van der Waals surface area contributed by atoms with E-state index < -0.39 is 0 Å². The summed E-state index contributed by atoms with van der Waals surface area (Å²) in [5, 5.41) is 4.01. The van der Waals surface area contributed by atoms with E-state index in [1.54, 1.807) is 23.1 Å². The average Bonchev–Trinajstić information content (AvgIpc) is 2.18. The van der Waals surface area contributed by atoms with Gasteiger partial charge in [-0.1, -0.05) is 4.68 Å². The highest BCUT2D eigenvalue weighted by Gasteiger charge is 2.11. The summed E-state index contributed by atoms with van der Waals surface area (Å²) < 4.78 is 6.24. The zero-order valence-corrected chi connectivity index (χ0v) is 7.56. The molecule has 0 unspecified atom stereocenters. The number of ether oxygens (including phenoxy) is 1. The van der Waals surface area contributed by atoms with Gasteiger partial charge in [-0.2, -0.15) is 0 Å². The van der Waals surface area contributed by atoms with Gasteiger partial charge in [0.05, 0.1) is 13.3 Å². The first kappa shape index (κ1) is 9.60. The molecule has 0 fully saturated rings. The van der Waals surface area contributed by atoms with E-state index in [0.29, 0.717) is 12.1 Å². The lowest BCUT2D eigenvalue weighted by atomic mass is 10.3. The Morgan fingerprint density at radius 3 is 3.15 bits per heavy atom. The zero-order chi connectivity index (χ0) is 9.68. The maximum Gasteiger partial charge on any atom is 0.344 e. The summed E-state index contributed by atoms with van der Waals surface area (Å²) in [5.74, 6) is -0.347. The van der Waals surface area contributed by atoms with Gasteiger partial charge in [0, 0.05) is 0 Å². The monoisotopic (exact) mass is 183 g/mol. The molecule has 0 aliphatic carbocycles. The van der Waals surface area contributed by atoms with E-state index in [0.717, 1.165) is 6.54 Å². The Labute approximate surface area is 76.1 Å². The fourth-order valence-electron chi connectivity index (χ4n) is 0.959. The Balaban J connectivity index is 2.85. The van der Waals surface area contributed by atoms with Crippen molar-refractivity contribution in [3.8, 4) is 0 Å². The summed E-state index contributed by atoms with van der Waals surface area (Å²) in [5.41, 5.74) is 4.20. The third-order valence-electron chi connectivity index (χ3n) is 1.57. The minimum absolute atomic E-state index is 0.347. The van der Waals surface area contributed by atoms with Crippen LogP contribution in [-0.4, -0.2) is 24.7 Å². The Bertz CT molecular complexity index is 301. The summed E-state index contributed by atoms with van der Waals surface area (Å²) in [6.45, 7) is 1.44. The predicted octanol–water partition coefficient (Wildman–Crippen LogP) is -1.60. The highest BCUT2D eigenvalue weighted by atomic mass is 16.5. The highest BCUT2D eigenvalue weighted by Crippen LogP contribution is 1.94. The number of carbonyl (C=O) groups excluding carboxylic acids is 1. The SMILES string of the molecule is COC(=O)c1ccn[n+](CC[NH3+])c1. The van der Waals surface area contributed by atoms with Crippen LogP contribution in [0.1, 0.15) is 10.4 Å². The first-order valence-corrected chi connectivity index (χ1v) is 4.01. The van der Waals surface area contributed by atoms with Crippen molar-refractivity contribution in [1.29, 1.82) is 0 Å². The molecule has 0 bridgehead atoms. The smallest absolute Gasteiger partial charge is 0.344 e. The van der Waals surface area contributed by atoms with Crippen LogP contribution in [0.2, 0.25) is 0 Å². The molecule has 0 saturated heterocycles. The second-order valence-electron chi connectivity index (χ2n) is 2.52. The van der Waals surface area contributed by atoms with Crippen LogP contribution < -0.4 is 10.4 Å². The van der Waals surface area contributed by atoms with Crippen molar-refractivity contribution in [2.75, 3.05) is 13.7 Å². The first-order chi connectivity index (χ1) is 6.27. The van der Waals surface area contributed by atoms with Gasteiger partial charge in [-0.15, -0.1) is 0 Å². The van der Waals surface area contributed by atoms with Crippen LogP contribution in [0.5, 0.6) is 0 Å². The van der Waals surface area contributed by atoms with Crippen molar-refractivity contribution in [3.63, 3.8) is 0 Å². The zero-order valence-electron chi connectivity index (χ0n) is 7.56. The van der Waals surface area contributed by atoms with Crippen molar-refractivity contribution in [2.45, 2.75) is 6.54 Å². The number of methoxy groups -OCH3 is 1. The lowest BCUT2D eigenvalue weighted by molar-refractivity contribution is -0.765. The molecule has 0 radical (unpaired) electrons. The summed E-state index contributed by atoms with van der Waals surface area (Å²) in [4.78, 5) is 11.1. The normalized spacial score (nSPS) is 9.69. The molecule has 0 aliphatic heterocycles. The third kappa shape index (κ3) is 2.48. The van der Waals surface area contributed by atoms with Gasteiger partial charge in [-0.25, -0.2) is 4.79 Å². The summed E-state index contributed by atoms with van der Waals surface area (Å²) >= 11 is 0. The number of rotatable bonds is 3. The van der Waals surface area contributed by atoms with Crippen LogP contribution >= 0.6 is 0 Å². The van der Waals surface area contributed by atoms with Gasteiger partial charge in [0.15, 0.2) is 0 Å². The van der Waals surface area contributed by atoms with Gasteiger partial charge < -0.3 is 10.5 Å². The molecule has 1 aromatic heterocycles. The quantitative estimate of drug-likeness (QED) is 0.453. The van der Waals surface area contributed by atoms with E-state index >= 15 is 0 Å². The van der Waals surface area contributed by atoms with Gasteiger partial charge in [0.25, 0.3) is 0 Å². The molecule has 1 heterocycles. The van der Waals surface area contributed by atoms with Gasteiger partial charge in [-0.3, -0.25) is 0 Å². The van der Waals surface area contributed by atoms with Gasteiger partial charge in [0.2, 0.25) is 12.7 Å². The van der Waals surface area contributed by atoms with E-state index in [1.807, 2.05) is 0 Å². The topological polar surface area (TPSA) is 70.7 Å². The first-order valence-electron chi connectivity index (χ1n) is 4.01. The van der Waals surface area contributed by atoms with Crippen molar-refractivity contribution in [3.05, 3.63) is 24.0 Å². The maximum absolute atomic E-state index is 11.1. The molecule has 0 amide bonds. The molecular formula is C8H13N3O2+2. The maximum atomic E-state index is 11.1. The molecule has 5 nitrogen and oxygen atoms in total. The molecule has 0 saturated carbocycles. The molecule has 1 aromatic rings. The van der Waals surface area contributed by atoms with Gasteiger partial charge in [0.1, 0.15) is 12.1 Å². The molecule has 70 valence electrons. The lowest BCUT2D eigenvalue weighted by Crippen LogP contribution is -2.57. The van der Waals surface area contributed by atoms with Crippen LogP contribution in [0.4, 0.5) is 0 Å². The van der Waals surface area contributed by atoms with Gasteiger partial charge >= 0.3 is 5.97 Å².